The number of ether oxygens (including phenoxy) is 8. The number of halogens is 4. The highest BCUT2D eigenvalue weighted by Crippen LogP contribution is 2.49. The van der Waals surface area contributed by atoms with Crippen molar-refractivity contribution >= 4 is 80.1 Å². The number of nitrogens with zero attached hydrogens (tertiary/aromatic N) is 3. The van der Waals surface area contributed by atoms with Gasteiger partial charge in [-0.2, -0.15) is 0 Å². The van der Waals surface area contributed by atoms with Gasteiger partial charge in [-0.3, -0.25) is 43.6 Å². The number of carbonyl (C=O) groups excluding carboxylic acids is 6. The van der Waals surface area contributed by atoms with Crippen LogP contribution in [0.25, 0.3) is 21.8 Å². The van der Waals surface area contributed by atoms with Crippen molar-refractivity contribution in [1.29, 1.82) is 0 Å². The summed E-state index contributed by atoms with van der Waals surface area (Å²) in [6.45, 7) is 6.00. The monoisotopic (exact) mass is 1350 g/mol. The molecule has 28 heteroatoms. The second-order valence-corrected chi connectivity index (χ2v) is 23.3. The lowest BCUT2D eigenvalue weighted by Gasteiger charge is -2.30. The molecular formula is C70H72F4N10O14. The molecule has 0 spiro atoms. The van der Waals surface area contributed by atoms with E-state index in [2.05, 4.69) is 41.5 Å². The summed E-state index contributed by atoms with van der Waals surface area (Å²) in [7, 11) is 1.47. The van der Waals surface area contributed by atoms with Gasteiger partial charge in [0.1, 0.15) is 58.5 Å². The molecule has 2 aliphatic carbocycles. The van der Waals surface area contributed by atoms with Crippen molar-refractivity contribution < 1.29 is 84.2 Å². The zero-order valence-corrected chi connectivity index (χ0v) is 53.5. The molecule has 1 saturated heterocycles. The molecule has 0 bridgehead atoms. The standard InChI is InChI=1S/C36H37F2N5O8.C34H35F2N5O6/c1-47-31-17-26-28(18-32(31)49-21-25(50-33(44)19-39)20-43-12-14-48-15-13-43)40-11-8-29(26)51-30-7-6-24(16-27(30)38)42-35(46)36(9-10-36)34(45)41-23-4-2-22(37)3-5-23;1-21(46-31(42)19-37)20-38-14-2-16-45-25-8-9-26-28(18-25)39-15-11-29(26)47-30-10-7-24(17-27(30)36)41-33(44)34(12-13-34)32(43)40-23-5-3-22(35)4-6-23/h2-8,11,16-18,25H,9-10,12-15,19-21,39H2,1H3,(H,41,45)(H,42,46);3-11,15,17-18,21,38H,2,12-14,16,19-20,37H2,1H3,(H,40,43)(H,41,44). The van der Waals surface area contributed by atoms with Crippen LogP contribution in [0.3, 0.4) is 0 Å². The maximum Gasteiger partial charge on any atom is 0.320 e. The first-order valence-corrected chi connectivity index (χ1v) is 31.5. The molecular weight excluding hydrogens is 1280 g/mol. The number of hydrogen-bond donors (Lipinski definition) is 7. The summed E-state index contributed by atoms with van der Waals surface area (Å²) in [6.07, 6.45) is 4.18. The van der Waals surface area contributed by atoms with E-state index >= 15 is 8.78 Å². The van der Waals surface area contributed by atoms with Gasteiger partial charge in [-0.1, -0.05) is 0 Å². The summed E-state index contributed by atoms with van der Waals surface area (Å²) in [6, 6.07) is 30.2. The number of morpholine rings is 1. The quantitative estimate of drug-likeness (QED) is 0.00994. The fourth-order valence-corrected chi connectivity index (χ4v) is 10.4. The zero-order valence-electron chi connectivity index (χ0n) is 53.5. The second kappa shape index (κ2) is 32.5. The smallest absolute Gasteiger partial charge is 0.320 e. The average molecular weight is 1350 g/mol. The minimum Gasteiger partial charge on any atom is -0.493 e. The van der Waals surface area contributed by atoms with E-state index in [1.807, 2.05) is 0 Å². The molecule has 2 unspecified atom stereocenters. The number of anilines is 4. The number of amides is 4. The van der Waals surface area contributed by atoms with Crippen LogP contribution in [0.1, 0.15) is 39.0 Å². The van der Waals surface area contributed by atoms with Gasteiger partial charge in [0.15, 0.2) is 34.6 Å². The molecule has 98 heavy (non-hydrogen) atoms. The molecule has 24 nitrogen and oxygen atoms in total. The number of hydrogen-bond acceptors (Lipinski definition) is 20. The lowest BCUT2D eigenvalue weighted by Crippen LogP contribution is -2.44. The maximum absolute atomic E-state index is 15.3. The highest BCUT2D eigenvalue weighted by molar-refractivity contribution is 6.18. The third-order valence-corrected chi connectivity index (χ3v) is 16.1. The number of fused-ring (bicyclic) bond motifs is 2. The van der Waals surface area contributed by atoms with Crippen molar-refractivity contribution in [3.63, 3.8) is 0 Å². The molecule has 9 N–H and O–H groups in total. The van der Waals surface area contributed by atoms with E-state index < -0.39 is 75.8 Å². The van der Waals surface area contributed by atoms with Gasteiger partial charge < -0.3 is 75.9 Å². The van der Waals surface area contributed by atoms with Crippen LogP contribution < -0.4 is 61.7 Å². The minimum absolute atomic E-state index is 0.0231. The number of esters is 2. The van der Waals surface area contributed by atoms with Crippen LogP contribution in [0, 0.1) is 34.1 Å². The van der Waals surface area contributed by atoms with E-state index in [1.165, 1.54) is 86.1 Å². The summed E-state index contributed by atoms with van der Waals surface area (Å²) < 4.78 is 102. The Morgan fingerprint density at radius 2 is 1.06 bits per heavy atom. The SMILES string of the molecule is CC(CNCCCOc1ccc2c(Oc3ccc(NC(=O)C4(C(=O)Nc5ccc(F)cc5)CC4)cc3F)ccnc2c1)OC(=O)CN.COc1cc2c(Oc3ccc(NC(=O)C4(C(=O)Nc5ccc(F)cc5)CC4)cc3F)ccnc2cc1OCC(CN1CCOCC1)OC(=O)CN. The van der Waals surface area contributed by atoms with Crippen molar-refractivity contribution in [2.24, 2.45) is 22.3 Å². The lowest BCUT2D eigenvalue weighted by molar-refractivity contribution is -0.150. The first-order chi connectivity index (χ1) is 47.3. The third-order valence-electron chi connectivity index (χ3n) is 16.1. The number of carbonyl (C=O) groups is 6. The van der Waals surface area contributed by atoms with E-state index in [0.717, 1.165) is 12.1 Å². The van der Waals surface area contributed by atoms with Gasteiger partial charge in [-0.15, -0.1) is 0 Å². The van der Waals surface area contributed by atoms with Crippen LogP contribution in [-0.2, 0) is 43.0 Å². The molecule has 11 rings (SSSR count). The molecule has 8 aromatic rings. The Morgan fingerprint density at radius 1 is 0.561 bits per heavy atom. The summed E-state index contributed by atoms with van der Waals surface area (Å²) in [5.74, 6) is -3.77. The number of aromatic nitrogens is 2. The average Bonchev–Trinajstić information content (AvgIpc) is 1.59. The van der Waals surface area contributed by atoms with E-state index in [-0.39, 0.29) is 54.4 Å². The molecule has 514 valence electrons. The van der Waals surface area contributed by atoms with Crippen molar-refractivity contribution in [1.82, 2.24) is 20.2 Å². The highest BCUT2D eigenvalue weighted by atomic mass is 19.1. The van der Waals surface area contributed by atoms with Gasteiger partial charge in [0.2, 0.25) is 23.6 Å². The topological polar surface area (TPSA) is 317 Å². The molecule has 2 aromatic heterocycles. The molecule has 0 radical (unpaired) electrons. The maximum atomic E-state index is 15.3. The number of pyridine rings is 2. The Morgan fingerprint density at radius 3 is 1.57 bits per heavy atom. The molecule has 1 aliphatic heterocycles. The number of nitrogens with one attached hydrogen (secondary N) is 5. The van der Waals surface area contributed by atoms with Crippen molar-refractivity contribution in [2.45, 2.75) is 51.2 Å². The fraction of sp³-hybridized carbons (Fsp3) is 0.314. The van der Waals surface area contributed by atoms with Crippen LogP contribution in [0.15, 0.2) is 140 Å². The Labute approximate surface area is 559 Å². The number of methoxy groups -OCH3 is 1. The molecule has 4 amide bonds. The Balaban J connectivity index is 0.000000213. The van der Waals surface area contributed by atoms with E-state index in [1.54, 1.807) is 55.6 Å². The van der Waals surface area contributed by atoms with Crippen molar-refractivity contribution in [2.75, 3.05) is 101 Å². The molecule has 3 heterocycles. The van der Waals surface area contributed by atoms with E-state index in [9.17, 15) is 37.5 Å². The van der Waals surface area contributed by atoms with Crippen LogP contribution in [0.2, 0.25) is 0 Å². The van der Waals surface area contributed by atoms with Crippen molar-refractivity contribution in [3.8, 4) is 40.2 Å². The van der Waals surface area contributed by atoms with Gasteiger partial charge >= 0.3 is 11.9 Å². The Bertz CT molecular complexity index is 4180. The Hall–Kier alpha value is -10.5. The number of benzene rings is 6. The highest BCUT2D eigenvalue weighted by Gasteiger charge is 2.57. The second-order valence-electron chi connectivity index (χ2n) is 23.3. The predicted molar refractivity (Wildman–Crippen MR) is 353 cm³/mol. The molecule has 3 fully saturated rings. The molecule has 6 aromatic carbocycles. The molecule has 3 aliphatic rings. The fourth-order valence-electron chi connectivity index (χ4n) is 10.4. The van der Waals surface area contributed by atoms with Gasteiger partial charge in [0.25, 0.3) is 0 Å². The summed E-state index contributed by atoms with van der Waals surface area (Å²) in [4.78, 5) is 85.9. The first-order valence-electron chi connectivity index (χ1n) is 31.5. The summed E-state index contributed by atoms with van der Waals surface area (Å²) >= 11 is 0. The van der Waals surface area contributed by atoms with E-state index in [4.69, 9.17) is 49.4 Å². The first kappa shape index (κ1) is 70.3. The third kappa shape index (κ3) is 18.3. The lowest BCUT2D eigenvalue weighted by atomic mass is 10.0. The number of rotatable bonds is 29. The zero-order chi connectivity index (χ0) is 69.3. The summed E-state index contributed by atoms with van der Waals surface area (Å²) in [5, 5.41) is 14.9. The van der Waals surface area contributed by atoms with Crippen LogP contribution in [0.4, 0.5) is 40.3 Å². The normalized spacial score (nSPS) is 14.8. The van der Waals surface area contributed by atoms with Crippen molar-refractivity contribution in [3.05, 3.63) is 163 Å². The summed E-state index contributed by atoms with van der Waals surface area (Å²) in [5.41, 5.74) is 10.2. The minimum atomic E-state index is -1.31. The molecule has 2 atom stereocenters. The van der Waals surface area contributed by atoms with Gasteiger partial charge in [0, 0.05) is 96.4 Å². The van der Waals surface area contributed by atoms with Gasteiger partial charge in [-0.05, 0) is 149 Å². The van der Waals surface area contributed by atoms with Gasteiger partial charge in [-0.25, -0.2) is 17.6 Å². The van der Waals surface area contributed by atoms with Gasteiger partial charge in [0.05, 0.1) is 51.1 Å². The van der Waals surface area contributed by atoms with Crippen LogP contribution in [0.5, 0.6) is 40.2 Å². The van der Waals surface area contributed by atoms with Crippen LogP contribution >= 0.6 is 0 Å². The van der Waals surface area contributed by atoms with Crippen LogP contribution in [-0.4, -0.2) is 142 Å². The Kier molecular flexibility index (Phi) is 23.3. The van der Waals surface area contributed by atoms with E-state index in [0.29, 0.717) is 141 Å². The number of nitrogens with two attached hydrogens (primary N) is 2. The molecule has 2 saturated carbocycles. The predicted octanol–water partition coefficient (Wildman–Crippen LogP) is 9.16. The largest absolute Gasteiger partial charge is 0.493 e.